The van der Waals surface area contributed by atoms with Gasteiger partial charge in [-0.25, -0.2) is 0 Å². The molecule has 0 radical (unpaired) electrons. The van der Waals surface area contributed by atoms with Crippen LogP contribution < -0.4 is 0 Å². The average Bonchev–Trinajstić information content (AvgIpc) is 2.60. The Labute approximate surface area is 76.2 Å². The van der Waals surface area contributed by atoms with Crippen molar-refractivity contribution in [2.75, 3.05) is 0 Å². The molecule has 0 saturated heterocycles. The van der Waals surface area contributed by atoms with Crippen molar-refractivity contribution in [1.82, 2.24) is 4.98 Å². The minimum atomic E-state index is -0.175. The summed E-state index contributed by atoms with van der Waals surface area (Å²) in [5.74, 6) is 0. The molecule has 13 heavy (non-hydrogen) atoms. The maximum Gasteiger partial charge on any atom is 0.0636 e. The lowest BCUT2D eigenvalue weighted by Crippen LogP contribution is -2.04. The molecule has 1 aromatic heterocycles. The third-order valence-corrected chi connectivity index (χ3v) is 2.78. The summed E-state index contributed by atoms with van der Waals surface area (Å²) in [6, 6.07) is 8.27. The van der Waals surface area contributed by atoms with Gasteiger partial charge in [-0.15, -0.1) is 0 Å². The number of benzene rings is 1. The molecule has 0 amide bonds. The van der Waals surface area contributed by atoms with Gasteiger partial charge in [-0.05, 0) is 11.6 Å². The van der Waals surface area contributed by atoms with Crippen LogP contribution in [0.4, 0.5) is 0 Å². The van der Waals surface area contributed by atoms with Crippen molar-refractivity contribution in [2.24, 2.45) is 0 Å². The Balaban J connectivity index is 2.31. The summed E-state index contributed by atoms with van der Waals surface area (Å²) >= 11 is 0. The fourth-order valence-electron chi connectivity index (χ4n) is 2.21. The molecule has 1 atom stereocenters. The number of hydrogen-bond acceptors (Lipinski definition) is 1. The summed E-state index contributed by atoms with van der Waals surface area (Å²) in [5.41, 5.74) is 3.72. The van der Waals surface area contributed by atoms with Gasteiger partial charge in [-0.3, -0.25) is 0 Å². The van der Waals surface area contributed by atoms with Crippen LogP contribution in [0.1, 0.15) is 11.3 Å². The van der Waals surface area contributed by atoms with Gasteiger partial charge in [0.2, 0.25) is 0 Å². The second kappa shape index (κ2) is 2.36. The highest BCUT2D eigenvalue weighted by Gasteiger charge is 2.22. The van der Waals surface area contributed by atoms with Gasteiger partial charge in [0, 0.05) is 29.4 Å². The number of aliphatic hydroxyl groups is 1. The molecule has 0 spiro atoms. The van der Waals surface area contributed by atoms with Gasteiger partial charge in [-0.2, -0.15) is 0 Å². The number of hydrogen-bond donors (Lipinski definition) is 2. The van der Waals surface area contributed by atoms with Gasteiger partial charge in [0.05, 0.1) is 6.10 Å². The third-order valence-electron chi connectivity index (χ3n) is 2.78. The Bertz CT molecular complexity index is 458. The molecule has 3 rings (SSSR count). The van der Waals surface area contributed by atoms with Crippen LogP contribution in [0.5, 0.6) is 0 Å². The van der Waals surface area contributed by atoms with E-state index in [-0.39, 0.29) is 6.10 Å². The predicted molar refractivity (Wildman–Crippen MR) is 51.7 cm³/mol. The van der Waals surface area contributed by atoms with Crippen molar-refractivity contribution in [3.8, 4) is 0 Å². The minimum Gasteiger partial charge on any atom is -0.392 e. The van der Waals surface area contributed by atoms with Crippen molar-refractivity contribution in [2.45, 2.75) is 18.9 Å². The molecular formula is C11H11NO. The van der Waals surface area contributed by atoms with E-state index >= 15 is 0 Å². The molecule has 1 aromatic carbocycles. The zero-order valence-electron chi connectivity index (χ0n) is 7.25. The molecule has 1 aliphatic carbocycles. The Hall–Kier alpha value is -1.28. The molecule has 0 aliphatic heterocycles. The van der Waals surface area contributed by atoms with E-state index in [1.54, 1.807) is 0 Å². The van der Waals surface area contributed by atoms with Crippen LogP contribution in [-0.2, 0) is 12.8 Å². The quantitative estimate of drug-likeness (QED) is 0.624. The van der Waals surface area contributed by atoms with Crippen LogP contribution in [0.3, 0.4) is 0 Å². The number of rotatable bonds is 0. The first-order valence-corrected chi connectivity index (χ1v) is 4.61. The molecule has 1 unspecified atom stereocenters. The zero-order chi connectivity index (χ0) is 8.84. The van der Waals surface area contributed by atoms with Crippen molar-refractivity contribution < 1.29 is 5.11 Å². The summed E-state index contributed by atoms with van der Waals surface area (Å²) < 4.78 is 0. The third kappa shape index (κ3) is 0.923. The maximum atomic E-state index is 9.48. The first-order chi connectivity index (χ1) is 6.34. The van der Waals surface area contributed by atoms with Crippen molar-refractivity contribution in [3.63, 3.8) is 0 Å². The van der Waals surface area contributed by atoms with Gasteiger partial charge in [0.1, 0.15) is 0 Å². The first kappa shape index (κ1) is 7.15. The van der Waals surface area contributed by atoms with Crippen LogP contribution in [0.25, 0.3) is 10.9 Å². The fourth-order valence-corrected chi connectivity index (χ4v) is 2.21. The molecule has 2 aromatic rings. The van der Waals surface area contributed by atoms with Gasteiger partial charge in [0.25, 0.3) is 0 Å². The van der Waals surface area contributed by atoms with E-state index in [0.29, 0.717) is 0 Å². The topological polar surface area (TPSA) is 36.0 Å². The summed E-state index contributed by atoms with van der Waals surface area (Å²) in [5, 5.41) is 10.8. The van der Waals surface area contributed by atoms with E-state index in [0.717, 1.165) is 12.8 Å². The molecule has 2 heteroatoms. The molecule has 1 heterocycles. The van der Waals surface area contributed by atoms with Gasteiger partial charge < -0.3 is 10.1 Å². The van der Waals surface area contributed by atoms with Crippen molar-refractivity contribution >= 4 is 10.9 Å². The number of fused-ring (bicyclic) bond motifs is 3. The van der Waals surface area contributed by atoms with Crippen molar-refractivity contribution in [3.05, 3.63) is 35.5 Å². The van der Waals surface area contributed by atoms with Gasteiger partial charge in [-0.1, -0.05) is 18.2 Å². The second-order valence-electron chi connectivity index (χ2n) is 3.69. The monoisotopic (exact) mass is 173 g/mol. The van der Waals surface area contributed by atoms with Crippen LogP contribution in [-0.4, -0.2) is 16.2 Å². The molecule has 2 nitrogen and oxygen atoms in total. The Morgan fingerprint density at radius 1 is 1.23 bits per heavy atom. The van der Waals surface area contributed by atoms with E-state index in [1.165, 1.54) is 22.2 Å². The normalized spacial score (nSPS) is 20.8. The summed E-state index contributed by atoms with van der Waals surface area (Å²) in [6.45, 7) is 0. The number of para-hydroxylation sites is 1. The zero-order valence-corrected chi connectivity index (χ0v) is 7.25. The Morgan fingerprint density at radius 2 is 2.08 bits per heavy atom. The lowest BCUT2D eigenvalue weighted by molar-refractivity contribution is 0.186. The molecule has 0 bridgehead atoms. The Morgan fingerprint density at radius 3 is 3.00 bits per heavy atom. The number of aromatic nitrogens is 1. The van der Waals surface area contributed by atoms with E-state index in [1.807, 2.05) is 12.1 Å². The molecule has 0 saturated carbocycles. The maximum absolute atomic E-state index is 9.48. The van der Waals surface area contributed by atoms with Crippen LogP contribution in [0.15, 0.2) is 24.3 Å². The summed E-state index contributed by atoms with van der Waals surface area (Å²) in [6.07, 6.45) is 1.41. The SMILES string of the molecule is OC1Cc2[nH]c3ccccc3c2C1. The van der Waals surface area contributed by atoms with Crippen LogP contribution >= 0.6 is 0 Å². The fraction of sp³-hybridized carbons (Fsp3) is 0.273. The molecule has 0 fully saturated rings. The van der Waals surface area contributed by atoms with Gasteiger partial charge in [0.15, 0.2) is 0 Å². The molecule has 2 N–H and O–H groups in total. The Kier molecular flexibility index (Phi) is 1.30. The lowest BCUT2D eigenvalue weighted by atomic mass is 10.1. The largest absolute Gasteiger partial charge is 0.392 e. The lowest BCUT2D eigenvalue weighted by Gasteiger charge is -1.98. The average molecular weight is 173 g/mol. The molecule has 66 valence electrons. The van der Waals surface area contributed by atoms with E-state index in [2.05, 4.69) is 17.1 Å². The molecular weight excluding hydrogens is 162 g/mol. The summed E-state index contributed by atoms with van der Waals surface area (Å²) in [4.78, 5) is 3.35. The highest BCUT2D eigenvalue weighted by Crippen LogP contribution is 2.29. The number of nitrogens with one attached hydrogen (secondary N) is 1. The number of aliphatic hydroxyl groups excluding tert-OH is 1. The summed E-state index contributed by atoms with van der Waals surface area (Å²) in [7, 11) is 0. The minimum absolute atomic E-state index is 0.175. The second-order valence-corrected chi connectivity index (χ2v) is 3.69. The van der Waals surface area contributed by atoms with Crippen LogP contribution in [0, 0.1) is 0 Å². The smallest absolute Gasteiger partial charge is 0.0636 e. The number of H-pyrrole nitrogens is 1. The van der Waals surface area contributed by atoms with E-state index in [4.69, 9.17) is 0 Å². The van der Waals surface area contributed by atoms with Crippen molar-refractivity contribution in [1.29, 1.82) is 0 Å². The standard InChI is InChI=1S/C11H11NO/c13-7-5-9-8-3-1-2-4-10(8)12-11(9)6-7/h1-4,7,12-13H,5-6H2. The number of aromatic amines is 1. The highest BCUT2D eigenvalue weighted by atomic mass is 16.3. The van der Waals surface area contributed by atoms with E-state index in [9.17, 15) is 5.11 Å². The van der Waals surface area contributed by atoms with E-state index < -0.39 is 0 Å². The highest BCUT2D eigenvalue weighted by molar-refractivity contribution is 5.85. The molecule has 1 aliphatic rings. The van der Waals surface area contributed by atoms with Crippen LogP contribution in [0.2, 0.25) is 0 Å². The predicted octanol–water partition coefficient (Wildman–Crippen LogP) is 1.63. The van der Waals surface area contributed by atoms with Gasteiger partial charge >= 0.3 is 0 Å². The first-order valence-electron chi connectivity index (χ1n) is 4.61.